The monoisotopic (exact) mass is 788 g/mol. The number of nitrogens with one attached hydrogen (secondary N) is 2. The van der Waals surface area contributed by atoms with Crippen LogP contribution in [0.5, 0.6) is 0 Å². The third-order valence-corrected chi connectivity index (χ3v) is 10.3. The number of aryl methyl sites for hydroxylation is 2. The average molecular weight is 788 g/mol. The Labute approximate surface area is 349 Å². The molecule has 0 fully saturated rings. The highest BCUT2D eigenvalue weighted by molar-refractivity contribution is 5.76. The van der Waals surface area contributed by atoms with Gasteiger partial charge in [-0.15, -0.1) is 0 Å². The van der Waals surface area contributed by atoms with Crippen molar-refractivity contribution in [3.05, 3.63) is 120 Å². The number of hydrogen-bond donors (Lipinski definition) is 2. The maximum Gasteiger partial charge on any atom is 0.219 e. The van der Waals surface area contributed by atoms with E-state index in [9.17, 15) is 9.59 Å². The number of anilines is 2. The summed E-state index contributed by atoms with van der Waals surface area (Å²) in [6.45, 7) is 5.16. The quantitative estimate of drug-likeness (QED) is 0.0510. The number of carbonyl (C=O) groups excluding carboxylic acids is 2. The van der Waals surface area contributed by atoms with E-state index >= 15 is 0 Å². The number of benzene rings is 2. The second-order valence-electron chi connectivity index (χ2n) is 15.7. The predicted octanol–water partition coefficient (Wildman–Crippen LogP) is 7.50. The van der Waals surface area contributed by atoms with Crippen LogP contribution in [0, 0.1) is 0 Å². The standard InChI is InChI=1S/C49H67N7O2/c1-52(2)46-24-20-42(21-25-46)16-18-44-28-38-55(39-29-44)36-10-6-8-14-48(57)50-32-12-34-54(5)35-13-33-51-49(58)15-9-7-11-37-56-40-30-45(31-41-56)19-17-43-22-26-47(27-23-43)53(3)4/h16-31,38-41H,6-15,32-37H2,1-5H3/p+2. The first-order chi connectivity index (χ1) is 28.1. The van der Waals surface area contributed by atoms with Crippen molar-refractivity contribution < 1.29 is 18.7 Å². The van der Waals surface area contributed by atoms with Gasteiger partial charge < -0.3 is 25.3 Å². The molecule has 2 aromatic carbocycles. The number of unbranched alkanes of at least 4 members (excludes halogenated alkanes) is 4. The van der Waals surface area contributed by atoms with Crippen LogP contribution >= 0.6 is 0 Å². The summed E-state index contributed by atoms with van der Waals surface area (Å²) < 4.78 is 4.42. The van der Waals surface area contributed by atoms with Crippen molar-refractivity contribution in [3.8, 4) is 0 Å². The van der Waals surface area contributed by atoms with Crippen molar-refractivity contribution in [3.63, 3.8) is 0 Å². The van der Waals surface area contributed by atoms with Gasteiger partial charge in [0, 0.05) is 103 Å². The first kappa shape index (κ1) is 45.4. The maximum absolute atomic E-state index is 12.3. The molecule has 2 heterocycles. The molecule has 0 saturated carbocycles. The van der Waals surface area contributed by atoms with Crippen LogP contribution in [0.4, 0.5) is 11.4 Å². The minimum atomic E-state index is 0.143. The molecule has 0 atom stereocenters. The van der Waals surface area contributed by atoms with Crippen LogP contribution in [-0.4, -0.2) is 78.1 Å². The van der Waals surface area contributed by atoms with Gasteiger partial charge in [0.2, 0.25) is 11.8 Å². The van der Waals surface area contributed by atoms with Crippen molar-refractivity contribution in [1.29, 1.82) is 0 Å². The zero-order valence-electron chi connectivity index (χ0n) is 35.9. The Morgan fingerprint density at radius 3 is 1.16 bits per heavy atom. The van der Waals surface area contributed by atoms with Crippen molar-refractivity contribution in [2.45, 2.75) is 77.3 Å². The van der Waals surface area contributed by atoms with Crippen LogP contribution < -0.4 is 29.6 Å². The van der Waals surface area contributed by atoms with Crippen molar-refractivity contribution >= 4 is 47.5 Å². The van der Waals surface area contributed by atoms with Gasteiger partial charge in [-0.2, -0.15) is 0 Å². The molecule has 0 aliphatic heterocycles. The highest BCUT2D eigenvalue weighted by Gasteiger charge is 2.07. The van der Waals surface area contributed by atoms with Gasteiger partial charge in [0.25, 0.3) is 0 Å². The van der Waals surface area contributed by atoms with Gasteiger partial charge in [-0.05, 0) is 105 Å². The molecule has 2 aromatic heterocycles. The molecule has 0 aliphatic rings. The number of amides is 2. The Morgan fingerprint density at radius 1 is 0.466 bits per heavy atom. The highest BCUT2D eigenvalue weighted by Crippen LogP contribution is 2.16. The highest BCUT2D eigenvalue weighted by atomic mass is 16.2. The van der Waals surface area contributed by atoms with Crippen LogP contribution in [0.3, 0.4) is 0 Å². The molecule has 4 aromatic rings. The summed E-state index contributed by atoms with van der Waals surface area (Å²) in [6.07, 6.45) is 26.1. The van der Waals surface area contributed by atoms with Gasteiger partial charge in [0.05, 0.1) is 0 Å². The van der Waals surface area contributed by atoms with E-state index < -0.39 is 0 Å². The zero-order chi connectivity index (χ0) is 41.4. The van der Waals surface area contributed by atoms with Crippen LogP contribution in [0.25, 0.3) is 24.3 Å². The number of aromatic nitrogens is 2. The average Bonchev–Trinajstić information content (AvgIpc) is 3.23. The minimum absolute atomic E-state index is 0.143. The van der Waals surface area contributed by atoms with Gasteiger partial charge in [-0.25, -0.2) is 9.13 Å². The molecular weight excluding hydrogens is 719 g/mol. The summed E-state index contributed by atoms with van der Waals surface area (Å²) in [4.78, 5) is 31.1. The molecule has 4 rings (SSSR count). The fourth-order valence-corrected chi connectivity index (χ4v) is 6.57. The number of pyridine rings is 2. The Kier molecular flexibility index (Phi) is 20.3. The van der Waals surface area contributed by atoms with Gasteiger partial charge in [0.15, 0.2) is 24.8 Å². The Balaban J connectivity index is 0.928. The third kappa shape index (κ3) is 18.3. The summed E-state index contributed by atoms with van der Waals surface area (Å²) in [5, 5.41) is 6.16. The molecule has 9 heteroatoms. The molecule has 2 amide bonds. The van der Waals surface area contributed by atoms with Gasteiger partial charge >= 0.3 is 0 Å². The molecule has 0 spiro atoms. The molecule has 0 aliphatic carbocycles. The predicted molar refractivity (Wildman–Crippen MR) is 242 cm³/mol. The van der Waals surface area contributed by atoms with Gasteiger partial charge in [-0.3, -0.25) is 9.59 Å². The molecule has 0 unspecified atom stereocenters. The maximum atomic E-state index is 12.3. The molecule has 0 radical (unpaired) electrons. The lowest BCUT2D eigenvalue weighted by molar-refractivity contribution is -0.697. The fraction of sp³-hybridized carbons (Fsp3) is 0.429. The Hall–Kier alpha value is -5.28. The molecule has 9 nitrogen and oxygen atoms in total. The van der Waals surface area contributed by atoms with Gasteiger partial charge in [-0.1, -0.05) is 48.6 Å². The largest absolute Gasteiger partial charge is 0.378 e. The molecule has 310 valence electrons. The van der Waals surface area contributed by atoms with Gasteiger partial charge in [0.1, 0.15) is 13.1 Å². The van der Waals surface area contributed by atoms with Crippen molar-refractivity contribution in [2.24, 2.45) is 0 Å². The SMILES string of the molecule is CN(CCCNC(=O)CCCCC[n+]1ccc(C=Cc2ccc(N(C)C)cc2)cc1)CCCNC(=O)CCCCC[n+]1ccc(C=Cc2ccc(N(C)C)cc2)cc1. The van der Waals surface area contributed by atoms with Crippen LogP contribution in [-0.2, 0) is 22.7 Å². The van der Waals surface area contributed by atoms with E-state index in [-0.39, 0.29) is 11.8 Å². The van der Waals surface area contributed by atoms with Crippen LogP contribution in [0.2, 0.25) is 0 Å². The summed E-state index contributed by atoms with van der Waals surface area (Å²) in [5.74, 6) is 0.287. The summed E-state index contributed by atoms with van der Waals surface area (Å²) in [6, 6.07) is 25.7. The Morgan fingerprint density at radius 2 is 0.810 bits per heavy atom. The normalized spacial score (nSPS) is 11.4. The Bertz CT molecular complexity index is 1680. The molecular formula is C49H69N7O2+2. The zero-order valence-corrected chi connectivity index (χ0v) is 35.9. The molecule has 0 bridgehead atoms. The number of hydrogen-bond acceptors (Lipinski definition) is 5. The lowest BCUT2D eigenvalue weighted by atomic mass is 10.1. The van der Waals surface area contributed by atoms with Crippen LogP contribution in [0.1, 0.15) is 86.5 Å². The van der Waals surface area contributed by atoms with E-state index in [0.29, 0.717) is 25.9 Å². The second kappa shape index (κ2) is 25.9. The molecule has 0 saturated heterocycles. The van der Waals surface area contributed by atoms with E-state index in [1.54, 1.807) is 0 Å². The second-order valence-corrected chi connectivity index (χ2v) is 15.7. The minimum Gasteiger partial charge on any atom is -0.378 e. The molecule has 2 N–H and O–H groups in total. The van der Waals surface area contributed by atoms with E-state index in [2.05, 4.69) is 192 Å². The number of carbonyl (C=O) groups is 2. The summed E-state index contributed by atoms with van der Waals surface area (Å²) >= 11 is 0. The molecule has 58 heavy (non-hydrogen) atoms. The lowest BCUT2D eigenvalue weighted by Crippen LogP contribution is -2.32. The summed E-state index contributed by atoms with van der Waals surface area (Å²) in [7, 11) is 10.3. The fourth-order valence-electron chi connectivity index (χ4n) is 6.57. The summed E-state index contributed by atoms with van der Waals surface area (Å²) in [5.41, 5.74) is 7.13. The topological polar surface area (TPSA) is 75.7 Å². The number of nitrogens with zero attached hydrogens (tertiary/aromatic N) is 5. The first-order valence-electron chi connectivity index (χ1n) is 21.3. The van der Waals surface area contributed by atoms with Crippen molar-refractivity contribution in [2.75, 3.05) is 71.2 Å². The van der Waals surface area contributed by atoms with E-state index in [1.807, 2.05) is 0 Å². The van der Waals surface area contributed by atoms with Crippen LogP contribution in [0.15, 0.2) is 97.6 Å². The number of rotatable bonds is 26. The first-order valence-corrected chi connectivity index (χ1v) is 21.3. The third-order valence-electron chi connectivity index (χ3n) is 10.3. The van der Waals surface area contributed by atoms with E-state index in [1.165, 1.54) is 33.6 Å². The lowest BCUT2D eigenvalue weighted by Gasteiger charge is -2.16. The smallest absolute Gasteiger partial charge is 0.219 e. The van der Waals surface area contributed by atoms with E-state index in [0.717, 1.165) is 77.5 Å². The van der Waals surface area contributed by atoms with E-state index in [4.69, 9.17) is 0 Å². The van der Waals surface area contributed by atoms with Crippen molar-refractivity contribution in [1.82, 2.24) is 15.5 Å².